The molecule has 0 radical (unpaired) electrons. The van der Waals surface area contributed by atoms with E-state index in [1.807, 2.05) is 30.3 Å². The number of ether oxygens (including phenoxy) is 1. The lowest BCUT2D eigenvalue weighted by Crippen LogP contribution is -2.18. The van der Waals surface area contributed by atoms with Crippen LogP contribution in [0, 0.1) is 0 Å². The molecule has 1 saturated carbocycles. The molecule has 102 valence electrons. The molecule has 1 aromatic rings. The minimum absolute atomic E-state index is 0.0651. The minimum Gasteiger partial charge on any atom is -0.362 e. The van der Waals surface area contributed by atoms with Crippen LogP contribution in [0.3, 0.4) is 0 Å². The molecule has 0 aromatic heterocycles. The zero-order valence-corrected chi connectivity index (χ0v) is 12.3. The molecule has 19 heavy (non-hydrogen) atoms. The average Bonchev–Trinajstić information content (AvgIpc) is 3.12. The minimum atomic E-state index is -0.912. The van der Waals surface area contributed by atoms with E-state index in [1.165, 1.54) is 5.57 Å². The van der Waals surface area contributed by atoms with Gasteiger partial charge < -0.3 is 4.74 Å². The first-order chi connectivity index (χ1) is 9.15. The third kappa shape index (κ3) is 2.30. The summed E-state index contributed by atoms with van der Waals surface area (Å²) < 4.78 is 18.5. The number of hydrogen-bond acceptors (Lipinski definition) is 2. The van der Waals surface area contributed by atoms with Crippen LogP contribution >= 0.6 is 0 Å². The van der Waals surface area contributed by atoms with Gasteiger partial charge in [-0.25, -0.2) is 0 Å². The Morgan fingerprint density at radius 2 is 2.05 bits per heavy atom. The number of benzene rings is 1. The summed E-state index contributed by atoms with van der Waals surface area (Å²) in [6, 6.07) is 9.82. The molecule has 0 bridgehead atoms. The fourth-order valence-corrected chi connectivity index (χ4v) is 4.59. The van der Waals surface area contributed by atoms with Gasteiger partial charge in [0.1, 0.15) is 5.60 Å². The number of rotatable bonds is 2. The lowest BCUT2D eigenvalue weighted by molar-refractivity contribution is 0.315. The molecule has 0 N–H and O–H groups in total. The van der Waals surface area contributed by atoms with Crippen molar-refractivity contribution in [1.29, 1.82) is 0 Å². The predicted octanol–water partition coefficient (Wildman–Crippen LogP) is 3.45. The second-order valence-electron chi connectivity index (χ2n) is 5.54. The SMILES string of the molecule is C/C=C1\C[C@@H](S(=O)c2ccccc2)CC[C@@H]2O[C@]12C. The summed E-state index contributed by atoms with van der Waals surface area (Å²) in [6.45, 7) is 4.23. The molecule has 0 spiro atoms. The molecule has 2 nitrogen and oxygen atoms in total. The fraction of sp³-hybridized carbons (Fsp3) is 0.500. The summed E-state index contributed by atoms with van der Waals surface area (Å²) in [5, 5.41) is 0.224. The van der Waals surface area contributed by atoms with Crippen molar-refractivity contribution in [2.45, 2.75) is 55.0 Å². The summed E-state index contributed by atoms with van der Waals surface area (Å²) in [5.41, 5.74) is 1.26. The standard InChI is InChI=1S/C16H20O2S/c1-3-12-11-14(9-10-15-16(12,2)18-15)19(17)13-7-5-4-6-8-13/h3-8,14-15H,9-11H2,1-2H3/b12-3+/t14-,15-,16+,19?/m0/s1. The maximum absolute atomic E-state index is 12.7. The van der Waals surface area contributed by atoms with E-state index in [9.17, 15) is 4.21 Å². The van der Waals surface area contributed by atoms with Crippen LogP contribution in [0.25, 0.3) is 0 Å². The van der Waals surface area contributed by atoms with Gasteiger partial charge in [0.25, 0.3) is 0 Å². The van der Waals surface area contributed by atoms with Crippen LogP contribution in [0.2, 0.25) is 0 Å². The van der Waals surface area contributed by atoms with Gasteiger partial charge >= 0.3 is 0 Å². The molecule has 2 fully saturated rings. The summed E-state index contributed by atoms with van der Waals surface area (Å²) in [7, 11) is -0.912. The van der Waals surface area contributed by atoms with Crippen molar-refractivity contribution in [1.82, 2.24) is 0 Å². The molecule has 3 heteroatoms. The second-order valence-corrected chi connectivity index (χ2v) is 7.27. The molecule has 2 aliphatic rings. The predicted molar refractivity (Wildman–Crippen MR) is 77.5 cm³/mol. The molecule has 1 saturated heterocycles. The first-order valence-electron chi connectivity index (χ1n) is 6.94. The molecule has 1 aliphatic carbocycles. The maximum atomic E-state index is 12.7. The van der Waals surface area contributed by atoms with Crippen LogP contribution in [0.5, 0.6) is 0 Å². The second kappa shape index (κ2) is 4.88. The Kier molecular flexibility index (Phi) is 3.35. The van der Waals surface area contributed by atoms with Crippen molar-refractivity contribution in [3.8, 4) is 0 Å². The van der Waals surface area contributed by atoms with Crippen molar-refractivity contribution in [3.63, 3.8) is 0 Å². The van der Waals surface area contributed by atoms with Gasteiger partial charge in [-0.05, 0) is 50.8 Å². The van der Waals surface area contributed by atoms with E-state index in [0.717, 1.165) is 24.2 Å². The Balaban J connectivity index is 1.81. The van der Waals surface area contributed by atoms with Crippen molar-refractivity contribution in [2.24, 2.45) is 0 Å². The van der Waals surface area contributed by atoms with Gasteiger partial charge in [-0.3, -0.25) is 4.21 Å². The highest BCUT2D eigenvalue weighted by atomic mass is 32.2. The topological polar surface area (TPSA) is 29.6 Å². The van der Waals surface area contributed by atoms with E-state index in [0.29, 0.717) is 6.10 Å². The highest BCUT2D eigenvalue weighted by molar-refractivity contribution is 7.85. The lowest BCUT2D eigenvalue weighted by atomic mass is 9.95. The summed E-state index contributed by atoms with van der Waals surface area (Å²) in [5.74, 6) is 0. The normalized spacial score (nSPS) is 37.5. The highest BCUT2D eigenvalue weighted by Crippen LogP contribution is 2.50. The zero-order valence-electron chi connectivity index (χ0n) is 11.5. The molecule has 3 rings (SSSR count). The summed E-state index contributed by atoms with van der Waals surface area (Å²) >= 11 is 0. The zero-order chi connectivity index (χ0) is 13.5. The molecule has 4 atom stereocenters. The molecule has 1 aromatic carbocycles. The van der Waals surface area contributed by atoms with Crippen LogP contribution in [0.1, 0.15) is 33.1 Å². The first-order valence-corrected chi connectivity index (χ1v) is 8.15. The van der Waals surface area contributed by atoms with E-state index >= 15 is 0 Å². The third-order valence-corrected chi connectivity index (χ3v) is 6.15. The monoisotopic (exact) mass is 276 g/mol. The number of allylic oxidation sites excluding steroid dienone is 1. The van der Waals surface area contributed by atoms with E-state index < -0.39 is 10.8 Å². The van der Waals surface area contributed by atoms with Crippen molar-refractivity contribution >= 4 is 10.8 Å². The number of fused-ring (bicyclic) bond motifs is 1. The number of hydrogen-bond donors (Lipinski definition) is 0. The highest BCUT2D eigenvalue weighted by Gasteiger charge is 2.56. The van der Waals surface area contributed by atoms with Crippen LogP contribution < -0.4 is 0 Å². The molecule has 1 heterocycles. The van der Waals surface area contributed by atoms with E-state index in [1.54, 1.807) is 0 Å². The Morgan fingerprint density at radius 1 is 1.32 bits per heavy atom. The van der Waals surface area contributed by atoms with Gasteiger partial charge in [-0.1, -0.05) is 24.3 Å². The van der Waals surface area contributed by atoms with Gasteiger partial charge in [0, 0.05) is 10.1 Å². The van der Waals surface area contributed by atoms with Gasteiger partial charge in [0.2, 0.25) is 0 Å². The van der Waals surface area contributed by atoms with Gasteiger partial charge in [-0.15, -0.1) is 0 Å². The Morgan fingerprint density at radius 3 is 2.74 bits per heavy atom. The average molecular weight is 276 g/mol. The molecule has 1 unspecified atom stereocenters. The fourth-order valence-electron chi connectivity index (χ4n) is 3.10. The Labute approximate surface area is 117 Å². The maximum Gasteiger partial charge on any atom is 0.113 e. The molecular formula is C16H20O2S. The third-order valence-electron chi connectivity index (χ3n) is 4.41. The van der Waals surface area contributed by atoms with Crippen LogP contribution in [0.4, 0.5) is 0 Å². The molecule has 0 amide bonds. The van der Waals surface area contributed by atoms with Gasteiger partial charge in [0.05, 0.1) is 16.9 Å². The van der Waals surface area contributed by atoms with Crippen molar-refractivity contribution in [3.05, 3.63) is 42.0 Å². The van der Waals surface area contributed by atoms with Crippen LogP contribution in [-0.2, 0) is 15.5 Å². The first kappa shape index (κ1) is 13.1. The van der Waals surface area contributed by atoms with E-state index in [2.05, 4.69) is 19.9 Å². The largest absolute Gasteiger partial charge is 0.362 e. The van der Waals surface area contributed by atoms with Gasteiger partial charge in [-0.2, -0.15) is 0 Å². The van der Waals surface area contributed by atoms with Crippen LogP contribution in [-0.4, -0.2) is 21.2 Å². The Hall–Kier alpha value is -0.930. The lowest BCUT2D eigenvalue weighted by Gasteiger charge is -2.17. The van der Waals surface area contributed by atoms with E-state index in [4.69, 9.17) is 4.74 Å². The van der Waals surface area contributed by atoms with Crippen LogP contribution in [0.15, 0.2) is 46.9 Å². The van der Waals surface area contributed by atoms with E-state index in [-0.39, 0.29) is 10.9 Å². The summed E-state index contributed by atoms with van der Waals surface area (Å²) in [6.07, 6.45) is 5.40. The molecular weight excluding hydrogens is 256 g/mol. The van der Waals surface area contributed by atoms with Gasteiger partial charge in [0.15, 0.2) is 0 Å². The molecule has 1 aliphatic heterocycles. The summed E-state index contributed by atoms with van der Waals surface area (Å²) in [4.78, 5) is 0.949. The number of epoxide rings is 1. The smallest absolute Gasteiger partial charge is 0.113 e. The van der Waals surface area contributed by atoms with Crippen molar-refractivity contribution in [2.75, 3.05) is 0 Å². The quantitative estimate of drug-likeness (QED) is 0.611. The Bertz CT molecular complexity index is 523. The van der Waals surface area contributed by atoms with Crippen molar-refractivity contribution < 1.29 is 8.95 Å².